The van der Waals surface area contributed by atoms with Crippen molar-refractivity contribution in [1.29, 1.82) is 0 Å². The van der Waals surface area contributed by atoms with E-state index in [9.17, 15) is 0 Å². The highest BCUT2D eigenvalue weighted by Crippen LogP contribution is 2.59. The van der Waals surface area contributed by atoms with Crippen molar-refractivity contribution in [2.75, 3.05) is 20.1 Å². The van der Waals surface area contributed by atoms with E-state index in [1.807, 2.05) is 12.1 Å². The standard InChI is InChI=1S/C12H13Cl2N/c1-15-6-9-5-12(9,7-15)8-2-3-10(13)11(14)4-8/h2-4,9H,5-7H2,1H3/t9-,12?/m0/s1. The Morgan fingerprint density at radius 2 is 2.13 bits per heavy atom. The monoisotopic (exact) mass is 241 g/mol. The molecule has 0 amide bonds. The molecule has 2 atom stereocenters. The maximum atomic E-state index is 6.06. The van der Waals surface area contributed by atoms with Gasteiger partial charge in [-0.1, -0.05) is 29.3 Å². The summed E-state index contributed by atoms with van der Waals surface area (Å²) in [5, 5.41) is 1.34. The topological polar surface area (TPSA) is 3.24 Å². The molecule has 0 spiro atoms. The third kappa shape index (κ3) is 1.41. The molecule has 2 fully saturated rings. The number of likely N-dealkylation sites (tertiary alicyclic amines) is 1. The van der Waals surface area contributed by atoms with Gasteiger partial charge in [0.15, 0.2) is 0 Å². The molecule has 0 aromatic heterocycles. The molecule has 3 rings (SSSR count). The van der Waals surface area contributed by atoms with Crippen molar-refractivity contribution in [2.45, 2.75) is 11.8 Å². The lowest BCUT2D eigenvalue weighted by atomic mass is 9.95. The largest absolute Gasteiger partial charge is 0.305 e. The molecule has 80 valence electrons. The molecule has 0 bridgehead atoms. The molecule has 15 heavy (non-hydrogen) atoms. The molecule has 0 radical (unpaired) electrons. The highest BCUT2D eigenvalue weighted by atomic mass is 35.5. The van der Waals surface area contributed by atoms with Gasteiger partial charge < -0.3 is 4.90 Å². The summed E-state index contributed by atoms with van der Waals surface area (Å²) in [6.07, 6.45) is 1.31. The maximum Gasteiger partial charge on any atom is 0.0595 e. The van der Waals surface area contributed by atoms with Crippen molar-refractivity contribution in [3.05, 3.63) is 33.8 Å². The normalized spacial score (nSPS) is 34.2. The zero-order valence-corrected chi connectivity index (χ0v) is 10.1. The van der Waals surface area contributed by atoms with E-state index < -0.39 is 0 Å². The number of hydrogen-bond acceptors (Lipinski definition) is 1. The molecule has 3 heteroatoms. The molecule has 2 aliphatic rings. The first-order valence-corrected chi connectivity index (χ1v) is 6.01. The Hall–Kier alpha value is -0.240. The lowest BCUT2D eigenvalue weighted by Crippen LogP contribution is -2.22. The minimum atomic E-state index is 0.392. The van der Waals surface area contributed by atoms with E-state index >= 15 is 0 Å². The first-order valence-electron chi connectivity index (χ1n) is 5.26. The lowest BCUT2D eigenvalue weighted by Gasteiger charge is -2.16. The zero-order chi connectivity index (χ0) is 10.6. The number of benzene rings is 1. The fourth-order valence-corrected chi connectivity index (χ4v) is 3.28. The van der Waals surface area contributed by atoms with Crippen LogP contribution in [0.3, 0.4) is 0 Å². The Balaban J connectivity index is 1.97. The average Bonchev–Trinajstić information content (AvgIpc) is 2.75. The second kappa shape index (κ2) is 3.13. The first kappa shape index (κ1) is 9.95. The molecule has 0 N–H and O–H groups in total. The number of likely N-dealkylation sites (N-methyl/N-ethyl adjacent to an activating group) is 1. The number of hydrogen-bond donors (Lipinski definition) is 0. The van der Waals surface area contributed by atoms with Crippen LogP contribution in [0.2, 0.25) is 10.0 Å². The van der Waals surface area contributed by atoms with Gasteiger partial charge in [-0.25, -0.2) is 0 Å². The molecule has 1 heterocycles. The van der Waals surface area contributed by atoms with Gasteiger partial charge in [-0.15, -0.1) is 0 Å². The van der Waals surface area contributed by atoms with Gasteiger partial charge in [0, 0.05) is 18.5 Å². The number of rotatable bonds is 1. The van der Waals surface area contributed by atoms with E-state index in [4.69, 9.17) is 23.2 Å². The van der Waals surface area contributed by atoms with Gasteiger partial charge in [0.25, 0.3) is 0 Å². The Morgan fingerprint density at radius 1 is 1.33 bits per heavy atom. The zero-order valence-electron chi connectivity index (χ0n) is 8.63. The summed E-state index contributed by atoms with van der Waals surface area (Å²) in [5.74, 6) is 0.833. The summed E-state index contributed by atoms with van der Waals surface area (Å²) in [4.78, 5) is 2.40. The van der Waals surface area contributed by atoms with Crippen molar-refractivity contribution >= 4 is 23.2 Å². The second-order valence-electron chi connectivity index (χ2n) is 4.88. The molecule has 1 saturated heterocycles. The van der Waals surface area contributed by atoms with Crippen LogP contribution in [0.1, 0.15) is 12.0 Å². The molecule has 1 aromatic carbocycles. The second-order valence-corrected chi connectivity index (χ2v) is 5.70. The van der Waals surface area contributed by atoms with Crippen LogP contribution < -0.4 is 0 Å². The van der Waals surface area contributed by atoms with Gasteiger partial charge in [-0.05, 0) is 37.1 Å². The predicted molar refractivity (Wildman–Crippen MR) is 63.7 cm³/mol. The van der Waals surface area contributed by atoms with Crippen LogP contribution >= 0.6 is 23.2 Å². The fraction of sp³-hybridized carbons (Fsp3) is 0.500. The highest BCUT2D eigenvalue weighted by molar-refractivity contribution is 6.42. The van der Waals surface area contributed by atoms with Crippen LogP contribution in [0.4, 0.5) is 0 Å². The molecule has 1 aliphatic carbocycles. The number of fused-ring (bicyclic) bond motifs is 1. The number of piperidine rings is 1. The van der Waals surface area contributed by atoms with E-state index in [-0.39, 0.29) is 0 Å². The van der Waals surface area contributed by atoms with Crippen molar-refractivity contribution in [3.8, 4) is 0 Å². The van der Waals surface area contributed by atoms with Crippen LogP contribution in [0.25, 0.3) is 0 Å². The fourth-order valence-electron chi connectivity index (χ4n) is 2.99. The van der Waals surface area contributed by atoms with Gasteiger partial charge in [0.1, 0.15) is 0 Å². The van der Waals surface area contributed by atoms with Gasteiger partial charge >= 0.3 is 0 Å². The van der Waals surface area contributed by atoms with Gasteiger partial charge in [0.2, 0.25) is 0 Å². The lowest BCUT2D eigenvalue weighted by molar-refractivity contribution is 0.363. The Bertz CT molecular complexity index is 418. The Labute approximate surface area is 100.0 Å². The molecular weight excluding hydrogens is 229 g/mol. The Kier molecular flexibility index (Phi) is 2.08. The van der Waals surface area contributed by atoms with E-state index in [0.717, 1.165) is 12.5 Å². The SMILES string of the molecule is CN1C[C@@H]2CC2(c2ccc(Cl)c(Cl)c2)C1. The van der Waals surface area contributed by atoms with Crippen LogP contribution in [0.5, 0.6) is 0 Å². The summed E-state index contributed by atoms with van der Waals surface area (Å²) in [7, 11) is 2.19. The average molecular weight is 242 g/mol. The van der Waals surface area contributed by atoms with Gasteiger partial charge in [0.05, 0.1) is 10.0 Å². The van der Waals surface area contributed by atoms with Crippen molar-refractivity contribution < 1.29 is 0 Å². The summed E-state index contributed by atoms with van der Waals surface area (Å²) in [6.45, 7) is 2.38. The van der Waals surface area contributed by atoms with Crippen molar-refractivity contribution in [2.24, 2.45) is 5.92 Å². The van der Waals surface area contributed by atoms with Crippen molar-refractivity contribution in [1.82, 2.24) is 4.90 Å². The molecule has 1 aromatic rings. The summed E-state index contributed by atoms with van der Waals surface area (Å²) >= 11 is 12.0. The third-order valence-electron chi connectivity index (χ3n) is 3.81. The van der Waals surface area contributed by atoms with Crippen molar-refractivity contribution in [3.63, 3.8) is 0 Å². The minimum Gasteiger partial charge on any atom is -0.305 e. The van der Waals surface area contributed by atoms with Gasteiger partial charge in [-0.2, -0.15) is 0 Å². The summed E-state index contributed by atoms with van der Waals surface area (Å²) < 4.78 is 0. The van der Waals surface area contributed by atoms with Gasteiger partial charge in [-0.3, -0.25) is 0 Å². The molecule has 1 aliphatic heterocycles. The summed E-state index contributed by atoms with van der Waals surface area (Å²) in [6, 6.07) is 6.10. The smallest absolute Gasteiger partial charge is 0.0595 e. The highest BCUT2D eigenvalue weighted by Gasteiger charge is 2.59. The molecular formula is C12H13Cl2N. The summed E-state index contributed by atoms with van der Waals surface area (Å²) in [5.41, 5.74) is 1.76. The molecule has 1 nitrogen and oxygen atoms in total. The van der Waals surface area contributed by atoms with Crippen LogP contribution in [-0.4, -0.2) is 25.0 Å². The quantitative estimate of drug-likeness (QED) is 0.731. The van der Waals surface area contributed by atoms with E-state index in [1.54, 1.807) is 0 Å². The maximum absolute atomic E-state index is 6.06. The van der Waals surface area contributed by atoms with Crippen LogP contribution in [0, 0.1) is 5.92 Å². The first-order chi connectivity index (χ1) is 7.12. The molecule has 1 saturated carbocycles. The molecule has 1 unspecified atom stereocenters. The van der Waals surface area contributed by atoms with E-state index in [2.05, 4.69) is 18.0 Å². The number of nitrogens with zero attached hydrogens (tertiary/aromatic N) is 1. The minimum absolute atomic E-state index is 0.392. The van der Waals surface area contributed by atoms with E-state index in [0.29, 0.717) is 15.5 Å². The number of halogens is 2. The third-order valence-corrected chi connectivity index (χ3v) is 4.55. The Morgan fingerprint density at radius 3 is 2.73 bits per heavy atom. The predicted octanol–water partition coefficient (Wildman–Crippen LogP) is 3.20. The van der Waals surface area contributed by atoms with Crippen LogP contribution in [-0.2, 0) is 5.41 Å². The van der Waals surface area contributed by atoms with Crippen LogP contribution in [0.15, 0.2) is 18.2 Å². The van der Waals surface area contributed by atoms with E-state index in [1.165, 1.54) is 18.5 Å².